The van der Waals surface area contributed by atoms with Gasteiger partial charge in [-0.25, -0.2) is 14.0 Å². The second kappa shape index (κ2) is 10.2. The van der Waals surface area contributed by atoms with Crippen molar-refractivity contribution >= 4 is 12.1 Å². The number of likely N-dealkylation sites (tertiary alicyclic amines) is 1. The van der Waals surface area contributed by atoms with Gasteiger partial charge >= 0.3 is 18.4 Å². The summed E-state index contributed by atoms with van der Waals surface area (Å²) < 4.78 is 60.2. The number of alkyl halides is 3. The predicted molar refractivity (Wildman–Crippen MR) is 113 cm³/mol. The SMILES string of the molecule is O=C(NC1CCOC1)N1CCC[C@@H](N(C(=O)NCc2ccc(OC(F)(F)F)cc2F)C2CC2)C1. The van der Waals surface area contributed by atoms with E-state index in [1.807, 2.05) is 0 Å². The van der Waals surface area contributed by atoms with Crippen molar-refractivity contribution in [2.45, 2.75) is 63.1 Å². The van der Waals surface area contributed by atoms with Gasteiger partial charge in [-0.15, -0.1) is 13.2 Å². The van der Waals surface area contributed by atoms with Crippen LogP contribution in [-0.2, 0) is 11.3 Å². The van der Waals surface area contributed by atoms with E-state index in [-0.39, 0.29) is 42.3 Å². The number of hydrogen-bond donors (Lipinski definition) is 2. The fourth-order valence-corrected chi connectivity index (χ4v) is 4.39. The minimum absolute atomic E-state index is 0.00136. The smallest absolute Gasteiger partial charge is 0.406 e. The molecule has 0 bridgehead atoms. The lowest BCUT2D eigenvalue weighted by molar-refractivity contribution is -0.274. The van der Waals surface area contributed by atoms with Gasteiger partial charge in [0.2, 0.25) is 0 Å². The van der Waals surface area contributed by atoms with Gasteiger partial charge in [0.1, 0.15) is 11.6 Å². The lowest BCUT2D eigenvalue weighted by Gasteiger charge is -2.39. The molecule has 1 aromatic carbocycles. The van der Waals surface area contributed by atoms with Gasteiger partial charge in [-0.1, -0.05) is 6.07 Å². The van der Waals surface area contributed by atoms with E-state index in [0.717, 1.165) is 44.2 Å². The van der Waals surface area contributed by atoms with E-state index in [4.69, 9.17) is 4.74 Å². The Morgan fingerprint density at radius 1 is 1.18 bits per heavy atom. The molecule has 2 heterocycles. The van der Waals surface area contributed by atoms with E-state index in [9.17, 15) is 27.2 Å². The summed E-state index contributed by atoms with van der Waals surface area (Å²) >= 11 is 0. The zero-order valence-electron chi connectivity index (χ0n) is 18.6. The summed E-state index contributed by atoms with van der Waals surface area (Å²) in [5.74, 6) is -1.57. The van der Waals surface area contributed by atoms with Crippen LogP contribution >= 0.6 is 0 Å². The first-order valence-corrected chi connectivity index (χ1v) is 11.4. The van der Waals surface area contributed by atoms with Crippen LogP contribution in [-0.4, -0.2) is 72.7 Å². The molecular formula is C22H28F4N4O4. The molecule has 8 nitrogen and oxygen atoms in total. The largest absolute Gasteiger partial charge is 0.573 e. The minimum atomic E-state index is -4.91. The van der Waals surface area contributed by atoms with Crippen LogP contribution in [0.5, 0.6) is 5.75 Å². The molecule has 2 N–H and O–H groups in total. The third-order valence-corrected chi connectivity index (χ3v) is 6.20. The Balaban J connectivity index is 1.34. The van der Waals surface area contributed by atoms with Crippen LogP contribution in [0.3, 0.4) is 0 Å². The monoisotopic (exact) mass is 488 g/mol. The Kier molecular flexibility index (Phi) is 7.34. The van der Waals surface area contributed by atoms with Gasteiger partial charge in [0.05, 0.1) is 18.7 Å². The summed E-state index contributed by atoms with van der Waals surface area (Å²) in [6.07, 6.45) is -0.925. The van der Waals surface area contributed by atoms with Gasteiger partial charge < -0.3 is 29.9 Å². The van der Waals surface area contributed by atoms with Crippen LogP contribution in [0.4, 0.5) is 27.2 Å². The van der Waals surface area contributed by atoms with Gasteiger partial charge in [0, 0.05) is 43.9 Å². The van der Waals surface area contributed by atoms with Crippen molar-refractivity contribution in [3.05, 3.63) is 29.6 Å². The fourth-order valence-electron chi connectivity index (χ4n) is 4.39. The van der Waals surface area contributed by atoms with E-state index in [2.05, 4.69) is 15.4 Å². The zero-order valence-corrected chi connectivity index (χ0v) is 18.6. The highest BCUT2D eigenvalue weighted by Gasteiger charge is 2.40. The number of nitrogens with one attached hydrogen (secondary N) is 2. The molecule has 0 aromatic heterocycles. The Bertz CT molecular complexity index is 890. The number of piperidine rings is 1. The van der Waals surface area contributed by atoms with E-state index in [0.29, 0.717) is 32.4 Å². The van der Waals surface area contributed by atoms with E-state index >= 15 is 0 Å². The molecule has 1 aliphatic carbocycles. The zero-order chi connectivity index (χ0) is 24.3. The van der Waals surface area contributed by atoms with Crippen molar-refractivity contribution in [3.8, 4) is 5.75 Å². The molecule has 3 fully saturated rings. The van der Waals surface area contributed by atoms with Crippen LogP contribution in [0.25, 0.3) is 0 Å². The maximum absolute atomic E-state index is 14.2. The second-order valence-corrected chi connectivity index (χ2v) is 8.85. The number of nitrogens with zero attached hydrogens (tertiary/aromatic N) is 2. The molecule has 1 unspecified atom stereocenters. The molecule has 188 valence electrons. The van der Waals surface area contributed by atoms with Crippen molar-refractivity contribution in [3.63, 3.8) is 0 Å². The summed E-state index contributed by atoms with van der Waals surface area (Å²) in [5.41, 5.74) is 0.0436. The molecule has 2 atom stereocenters. The van der Waals surface area contributed by atoms with Crippen molar-refractivity contribution in [1.29, 1.82) is 0 Å². The number of carbonyl (C=O) groups is 2. The Morgan fingerprint density at radius 3 is 2.62 bits per heavy atom. The normalized spacial score (nSPS) is 22.9. The van der Waals surface area contributed by atoms with Crippen molar-refractivity contribution in [1.82, 2.24) is 20.4 Å². The molecule has 0 spiro atoms. The number of carbonyl (C=O) groups excluding carboxylic acids is 2. The molecular weight excluding hydrogens is 460 g/mol. The minimum Gasteiger partial charge on any atom is -0.406 e. The molecule has 34 heavy (non-hydrogen) atoms. The molecule has 2 saturated heterocycles. The van der Waals surface area contributed by atoms with Gasteiger partial charge in [-0.05, 0) is 38.2 Å². The van der Waals surface area contributed by atoms with Gasteiger partial charge in [0.25, 0.3) is 0 Å². The molecule has 4 amide bonds. The number of urea groups is 2. The third kappa shape index (κ3) is 6.43. The number of rotatable bonds is 6. The summed E-state index contributed by atoms with van der Waals surface area (Å²) in [6, 6.07) is 2.14. The summed E-state index contributed by atoms with van der Waals surface area (Å²) in [5, 5.41) is 5.65. The van der Waals surface area contributed by atoms with Gasteiger partial charge in [-0.2, -0.15) is 0 Å². The maximum Gasteiger partial charge on any atom is 0.573 e. The van der Waals surface area contributed by atoms with Crippen molar-refractivity contribution < 1.29 is 36.6 Å². The summed E-state index contributed by atoms with van der Waals surface area (Å²) in [4.78, 5) is 29.1. The highest BCUT2D eigenvalue weighted by atomic mass is 19.4. The van der Waals surface area contributed by atoms with Crippen LogP contribution in [0, 0.1) is 5.82 Å². The first kappa shape index (κ1) is 24.4. The standard InChI is InChI=1S/C22H28F4N4O4/c23-19-10-18(34-22(24,25)26)6-3-14(19)11-27-20(31)30(16-4-5-16)17-2-1-8-29(12-17)21(32)28-15-7-9-33-13-15/h3,6,10,15-17H,1-2,4-5,7-9,11-13H2,(H,27,31)(H,28,32)/t15?,17-/m1/s1. The van der Waals surface area contributed by atoms with Crippen LogP contribution in [0.1, 0.15) is 37.7 Å². The molecule has 0 radical (unpaired) electrons. The summed E-state index contributed by atoms with van der Waals surface area (Å²) in [6.45, 7) is 1.95. The Labute approximate surface area is 194 Å². The number of amides is 4. The lowest BCUT2D eigenvalue weighted by Crippen LogP contribution is -2.57. The molecule has 3 aliphatic rings. The topological polar surface area (TPSA) is 83.1 Å². The van der Waals surface area contributed by atoms with Crippen LogP contribution < -0.4 is 15.4 Å². The molecule has 12 heteroatoms. The Hall–Kier alpha value is -2.76. The average molecular weight is 488 g/mol. The van der Waals surface area contributed by atoms with Crippen molar-refractivity contribution in [2.24, 2.45) is 0 Å². The average Bonchev–Trinajstić information content (AvgIpc) is 3.47. The quantitative estimate of drug-likeness (QED) is 0.602. The van der Waals surface area contributed by atoms with Gasteiger partial charge in [0.15, 0.2) is 0 Å². The molecule has 2 aliphatic heterocycles. The van der Waals surface area contributed by atoms with E-state index < -0.39 is 17.9 Å². The lowest BCUT2D eigenvalue weighted by atomic mass is 10.0. The van der Waals surface area contributed by atoms with Crippen LogP contribution in [0.2, 0.25) is 0 Å². The number of ether oxygens (including phenoxy) is 2. The number of benzene rings is 1. The first-order valence-electron chi connectivity index (χ1n) is 11.4. The highest BCUT2D eigenvalue weighted by Crippen LogP contribution is 2.32. The van der Waals surface area contributed by atoms with E-state index in [1.54, 1.807) is 9.80 Å². The highest BCUT2D eigenvalue weighted by molar-refractivity contribution is 5.76. The number of halogens is 4. The fraction of sp³-hybridized carbons (Fsp3) is 0.636. The van der Waals surface area contributed by atoms with Crippen LogP contribution in [0.15, 0.2) is 18.2 Å². The predicted octanol–water partition coefficient (Wildman–Crippen LogP) is 3.36. The maximum atomic E-state index is 14.2. The first-order chi connectivity index (χ1) is 16.2. The molecule has 1 aromatic rings. The third-order valence-electron chi connectivity index (χ3n) is 6.20. The summed E-state index contributed by atoms with van der Waals surface area (Å²) in [7, 11) is 0. The van der Waals surface area contributed by atoms with E-state index in [1.165, 1.54) is 0 Å². The molecule has 1 saturated carbocycles. The second-order valence-electron chi connectivity index (χ2n) is 8.85. The molecule has 4 rings (SSSR count). The van der Waals surface area contributed by atoms with Crippen molar-refractivity contribution in [2.75, 3.05) is 26.3 Å². The Morgan fingerprint density at radius 2 is 1.97 bits per heavy atom. The van der Waals surface area contributed by atoms with Gasteiger partial charge in [-0.3, -0.25) is 0 Å². The number of hydrogen-bond acceptors (Lipinski definition) is 4.